The molecule has 0 radical (unpaired) electrons. The first kappa shape index (κ1) is 20.6. The van der Waals surface area contributed by atoms with Gasteiger partial charge in [-0.25, -0.2) is 4.79 Å². The number of benzene rings is 2. The van der Waals surface area contributed by atoms with Crippen LogP contribution in [0, 0.1) is 0 Å². The van der Waals surface area contributed by atoms with Crippen LogP contribution >= 0.6 is 0 Å². The lowest BCUT2D eigenvalue weighted by molar-refractivity contribution is -0.144. The number of carbonyl (C=O) groups is 1. The lowest BCUT2D eigenvalue weighted by Gasteiger charge is -2.14. The minimum atomic E-state index is -0.977. The molecule has 0 saturated carbocycles. The van der Waals surface area contributed by atoms with E-state index in [0.29, 0.717) is 18.9 Å². The lowest BCUT2D eigenvalue weighted by Crippen LogP contribution is -2.23. The van der Waals surface area contributed by atoms with Crippen LogP contribution < -0.4 is 19.7 Å². The molecule has 0 heterocycles. The zero-order chi connectivity index (χ0) is 19.6. The zero-order valence-electron chi connectivity index (χ0n) is 16.1. The molecule has 0 spiro atoms. The van der Waals surface area contributed by atoms with Crippen molar-refractivity contribution in [1.29, 1.82) is 0 Å². The van der Waals surface area contributed by atoms with Crippen LogP contribution in [0.1, 0.15) is 18.9 Å². The molecule has 2 N–H and O–H groups in total. The summed E-state index contributed by atoms with van der Waals surface area (Å²) < 4.78 is 11.2. The molecule has 1 unspecified atom stereocenters. The Morgan fingerprint density at radius 3 is 2.63 bits per heavy atom. The zero-order valence-corrected chi connectivity index (χ0v) is 16.1. The highest BCUT2D eigenvalue weighted by molar-refractivity contribution is 5.72. The highest BCUT2D eigenvalue weighted by Gasteiger charge is 2.12. The molecule has 0 aliphatic carbocycles. The number of rotatable bonds is 11. The van der Waals surface area contributed by atoms with Crippen molar-refractivity contribution in [2.75, 3.05) is 32.1 Å². The van der Waals surface area contributed by atoms with Crippen molar-refractivity contribution in [2.24, 2.45) is 0 Å². The average molecular weight is 372 g/mol. The Morgan fingerprint density at radius 2 is 1.89 bits per heavy atom. The number of aliphatic carboxylic acids is 1. The smallest absolute Gasteiger partial charge is 0.344 e. The molecule has 0 bridgehead atoms. The summed E-state index contributed by atoms with van der Waals surface area (Å²) >= 11 is 0. The van der Waals surface area contributed by atoms with Gasteiger partial charge in [-0.2, -0.15) is 0 Å². The summed E-state index contributed by atoms with van der Waals surface area (Å²) in [5.74, 6) is 0.460. The van der Waals surface area contributed by atoms with Gasteiger partial charge in [0, 0.05) is 32.4 Å². The Kier molecular flexibility index (Phi) is 7.95. The van der Waals surface area contributed by atoms with Crippen molar-refractivity contribution in [3.8, 4) is 11.5 Å². The Labute approximate surface area is 160 Å². The van der Waals surface area contributed by atoms with Crippen LogP contribution in [-0.2, 0) is 11.3 Å². The normalized spacial score (nSPS) is 11.7. The number of ether oxygens (including phenoxy) is 2. The minimum Gasteiger partial charge on any atom is -0.493 e. The number of carboxylic acids is 1. The van der Waals surface area contributed by atoms with E-state index in [1.54, 1.807) is 6.07 Å². The lowest BCUT2D eigenvalue weighted by atomic mass is 10.2. The molecule has 0 saturated heterocycles. The van der Waals surface area contributed by atoms with Gasteiger partial charge in [0.25, 0.3) is 0 Å². The maximum Gasteiger partial charge on any atom is 0.344 e. The largest absolute Gasteiger partial charge is 0.493 e. The quantitative estimate of drug-likeness (QED) is 0.591. The molecule has 0 aliphatic heterocycles. The Hall–Kier alpha value is -2.73. The second-order valence-electron chi connectivity index (χ2n) is 6.52. The van der Waals surface area contributed by atoms with Crippen molar-refractivity contribution < 1.29 is 19.4 Å². The molecule has 6 heteroatoms. The van der Waals surface area contributed by atoms with Gasteiger partial charge < -0.3 is 24.8 Å². The SMILES string of the molecule is CC(Oc1cccc(CNCCCOc2cccc(N(C)C)c2)c1)C(=O)O. The molecule has 146 valence electrons. The standard InChI is InChI=1S/C21H28N2O4/c1-16(21(24)25)27-20-10-4-7-17(13-20)15-22-11-6-12-26-19-9-5-8-18(14-19)23(2)3/h4-5,7-10,13-14,16,22H,6,11-12,15H2,1-3H3,(H,24,25). The third kappa shape index (κ3) is 7.19. The van der Waals surface area contributed by atoms with Gasteiger partial charge in [0.2, 0.25) is 0 Å². The molecule has 0 aliphatic rings. The third-order valence-electron chi connectivity index (χ3n) is 3.99. The van der Waals surface area contributed by atoms with Gasteiger partial charge >= 0.3 is 5.97 Å². The number of carboxylic acid groups (broad SMARTS) is 1. The van der Waals surface area contributed by atoms with Crippen molar-refractivity contribution >= 4 is 11.7 Å². The van der Waals surface area contributed by atoms with Crippen LogP contribution in [-0.4, -0.2) is 44.4 Å². The predicted molar refractivity (Wildman–Crippen MR) is 107 cm³/mol. The van der Waals surface area contributed by atoms with E-state index < -0.39 is 12.1 Å². The van der Waals surface area contributed by atoms with Gasteiger partial charge in [0.05, 0.1) is 6.61 Å². The first-order valence-electron chi connectivity index (χ1n) is 9.05. The number of anilines is 1. The molecular weight excluding hydrogens is 344 g/mol. The Morgan fingerprint density at radius 1 is 1.15 bits per heavy atom. The van der Waals surface area contributed by atoms with E-state index in [4.69, 9.17) is 14.6 Å². The summed E-state index contributed by atoms with van der Waals surface area (Å²) in [4.78, 5) is 12.9. The van der Waals surface area contributed by atoms with Gasteiger partial charge in [-0.3, -0.25) is 0 Å². The summed E-state index contributed by atoms with van der Waals surface area (Å²) in [6.45, 7) is 3.67. The third-order valence-corrected chi connectivity index (χ3v) is 3.99. The first-order chi connectivity index (χ1) is 13.0. The van der Waals surface area contributed by atoms with Crippen LogP contribution in [0.25, 0.3) is 0 Å². The molecular formula is C21H28N2O4. The topological polar surface area (TPSA) is 71.0 Å². The maximum absolute atomic E-state index is 10.9. The summed E-state index contributed by atoms with van der Waals surface area (Å²) in [7, 11) is 4.01. The molecule has 1 atom stereocenters. The average Bonchev–Trinajstić information content (AvgIpc) is 2.65. The van der Waals surface area contributed by atoms with Crippen molar-refractivity contribution in [3.63, 3.8) is 0 Å². The van der Waals surface area contributed by atoms with Crippen LogP contribution in [0.3, 0.4) is 0 Å². The van der Waals surface area contributed by atoms with Gasteiger partial charge in [-0.1, -0.05) is 18.2 Å². The minimum absolute atomic E-state index is 0.563. The highest BCUT2D eigenvalue weighted by Crippen LogP contribution is 2.19. The molecule has 0 aromatic heterocycles. The first-order valence-corrected chi connectivity index (χ1v) is 9.05. The van der Waals surface area contributed by atoms with Crippen LogP contribution in [0.15, 0.2) is 48.5 Å². The van der Waals surface area contributed by atoms with Gasteiger partial charge in [-0.05, 0) is 49.7 Å². The predicted octanol–water partition coefficient (Wildman–Crippen LogP) is 3.16. The van der Waals surface area contributed by atoms with Crippen LogP contribution in [0.5, 0.6) is 11.5 Å². The van der Waals surface area contributed by atoms with Crippen LogP contribution in [0.4, 0.5) is 5.69 Å². The van der Waals surface area contributed by atoms with E-state index in [2.05, 4.69) is 5.32 Å². The summed E-state index contributed by atoms with van der Waals surface area (Å²) in [6.07, 6.45) is 0.0228. The summed E-state index contributed by atoms with van der Waals surface area (Å²) in [6, 6.07) is 15.5. The summed E-state index contributed by atoms with van der Waals surface area (Å²) in [5, 5.41) is 12.3. The Bertz CT molecular complexity index is 734. The number of nitrogens with zero attached hydrogens (tertiary/aromatic N) is 1. The molecule has 2 aromatic rings. The summed E-state index contributed by atoms with van der Waals surface area (Å²) in [5.41, 5.74) is 2.16. The Balaban J connectivity index is 1.68. The number of hydrogen-bond acceptors (Lipinski definition) is 5. The van der Waals surface area contributed by atoms with Crippen molar-refractivity contribution in [3.05, 3.63) is 54.1 Å². The molecule has 2 rings (SSSR count). The second-order valence-corrected chi connectivity index (χ2v) is 6.52. The molecule has 6 nitrogen and oxygen atoms in total. The van der Waals surface area contributed by atoms with Gasteiger partial charge in [0.1, 0.15) is 11.5 Å². The van der Waals surface area contributed by atoms with E-state index >= 15 is 0 Å². The molecule has 27 heavy (non-hydrogen) atoms. The van der Waals surface area contributed by atoms with Gasteiger partial charge in [0.15, 0.2) is 6.10 Å². The van der Waals surface area contributed by atoms with E-state index in [9.17, 15) is 4.79 Å². The second kappa shape index (κ2) is 10.4. The monoisotopic (exact) mass is 372 g/mol. The molecule has 2 aromatic carbocycles. The van der Waals surface area contributed by atoms with E-state index in [-0.39, 0.29) is 0 Å². The maximum atomic E-state index is 10.9. The van der Waals surface area contributed by atoms with E-state index in [1.165, 1.54) is 6.92 Å². The fourth-order valence-corrected chi connectivity index (χ4v) is 2.45. The molecule has 0 fully saturated rings. The fourth-order valence-electron chi connectivity index (χ4n) is 2.45. The number of nitrogens with one attached hydrogen (secondary N) is 1. The van der Waals surface area contributed by atoms with Crippen LogP contribution in [0.2, 0.25) is 0 Å². The van der Waals surface area contributed by atoms with Crippen molar-refractivity contribution in [1.82, 2.24) is 5.32 Å². The number of hydrogen-bond donors (Lipinski definition) is 2. The fraction of sp³-hybridized carbons (Fsp3) is 0.381. The van der Waals surface area contributed by atoms with Gasteiger partial charge in [-0.15, -0.1) is 0 Å². The van der Waals surface area contributed by atoms with Crippen molar-refractivity contribution in [2.45, 2.75) is 26.0 Å². The van der Waals surface area contributed by atoms with E-state index in [1.807, 2.05) is 61.5 Å². The van der Waals surface area contributed by atoms with E-state index in [0.717, 1.165) is 30.0 Å². The molecule has 0 amide bonds. The highest BCUT2D eigenvalue weighted by atomic mass is 16.5.